The molecule has 2 rings (SSSR count). The van der Waals surface area contributed by atoms with Crippen molar-refractivity contribution in [2.24, 2.45) is 5.92 Å². The summed E-state index contributed by atoms with van der Waals surface area (Å²) in [5.74, 6) is -0.591. The number of amides is 2. The zero-order valence-electron chi connectivity index (χ0n) is 13.2. The summed E-state index contributed by atoms with van der Waals surface area (Å²) < 4.78 is 0. The number of carbonyl (C=O) groups is 2. The van der Waals surface area contributed by atoms with Crippen molar-refractivity contribution in [1.82, 2.24) is 15.2 Å². The molecule has 0 aromatic carbocycles. The lowest BCUT2D eigenvalue weighted by atomic mass is 9.86. The molecule has 2 amide bonds. The van der Waals surface area contributed by atoms with E-state index in [2.05, 4.69) is 10.3 Å². The van der Waals surface area contributed by atoms with Crippen LogP contribution in [0.4, 0.5) is 4.79 Å². The van der Waals surface area contributed by atoms with E-state index in [4.69, 9.17) is 5.11 Å². The van der Waals surface area contributed by atoms with E-state index < -0.39 is 12.0 Å². The van der Waals surface area contributed by atoms with Crippen LogP contribution >= 0.6 is 11.3 Å². The number of aromatic nitrogens is 1. The van der Waals surface area contributed by atoms with Gasteiger partial charge in [-0.1, -0.05) is 20.3 Å². The third-order valence-electron chi connectivity index (χ3n) is 3.98. The van der Waals surface area contributed by atoms with Gasteiger partial charge in [-0.05, 0) is 18.8 Å². The van der Waals surface area contributed by atoms with Gasteiger partial charge in [0.1, 0.15) is 6.04 Å². The Balaban J connectivity index is 1.90. The Morgan fingerprint density at radius 2 is 2.18 bits per heavy atom. The van der Waals surface area contributed by atoms with Gasteiger partial charge in [0, 0.05) is 18.3 Å². The van der Waals surface area contributed by atoms with Gasteiger partial charge in [0.25, 0.3) is 0 Å². The molecule has 1 heterocycles. The number of aliphatic carboxylic acids is 1. The molecule has 7 heteroatoms. The maximum Gasteiger partial charge on any atom is 0.326 e. The summed E-state index contributed by atoms with van der Waals surface area (Å²) in [7, 11) is 1.65. The van der Waals surface area contributed by atoms with E-state index in [1.807, 2.05) is 5.38 Å². The number of thiazole rings is 1. The van der Waals surface area contributed by atoms with Gasteiger partial charge in [-0.2, -0.15) is 0 Å². The highest BCUT2D eigenvalue weighted by Gasteiger charge is 2.26. The topological polar surface area (TPSA) is 82.5 Å². The molecule has 122 valence electrons. The Morgan fingerprint density at radius 3 is 2.68 bits per heavy atom. The molecule has 22 heavy (non-hydrogen) atoms. The minimum atomic E-state index is -1.02. The predicted molar refractivity (Wildman–Crippen MR) is 85.0 cm³/mol. The summed E-state index contributed by atoms with van der Waals surface area (Å²) in [5, 5.41) is 14.8. The van der Waals surface area contributed by atoms with E-state index in [1.54, 1.807) is 32.2 Å². The molecule has 1 saturated carbocycles. The lowest BCUT2D eigenvalue weighted by molar-refractivity contribution is -0.140. The highest BCUT2D eigenvalue weighted by molar-refractivity contribution is 7.09. The van der Waals surface area contributed by atoms with Crippen LogP contribution in [-0.2, 0) is 11.3 Å². The van der Waals surface area contributed by atoms with Gasteiger partial charge >= 0.3 is 12.0 Å². The zero-order chi connectivity index (χ0) is 16.3. The summed E-state index contributed by atoms with van der Waals surface area (Å²) in [6.45, 7) is 3.92. The Labute approximate surface area is 134 Å². The smallest absolute Gasteiger partial charge is 0.326 e. The minimum Gasteiger partial charge on any atom is -0.480 e. The van der Waals surface area contributed by atoms with Crippen LogP contribution in [0, 0.1) is 5.92 Å². The fourth-order valence-electron chi connectivity index (χ4n) is 2.31. The number of nitrogens with one attached hydrogen (secondary N) is 1. The number of rotatable bonds is 6. The SMILES string of the molecule is CC(C)[C@H](NC(=O)N(C)Cc1csc(C2CCC2)n1)C(=O)O. The molecule has 1 aliphatic carbocycles. The van der Waals surface area contributed by atoms with Crippen molar-refractivity contribution < 1.29 is 14.7 Å². The van der Waals surface area contributed by atoms with Crippen LogP contribution in [0.15, 0.2) is 5.38 Å². The molecule has 6 nitrogen and oxygen atoms in total. The molecular weight excluding hydrogens is 302 g/mol. The van der Waals surface area contributed by atoms with Gasteiger partial charge in [-0.25, -0.2) is 14.6 Å². The van der Waals surface area contributed by atoms with Crippen LogP contribution in [0.5, 0.6) is 0 Å². The first-order chi connectivity index (χ1) is 10.4. The summed E-state index contributed by atoms with van der Waals surface area (Å²) in [6, 6.07) is -1.27. The number of carbonyl (C=O) groups excluding carboxylic acids is 1. The molecule has 0 saturated heterocycles. The third kappa shape index (κ3) is 3.97. The van der Waals surface area contributed by atoms with Crippen LogP contribution in [0.25, 0.3) is 0 Å². The van der Waals surface area contributed by atoms with Gasteiger partial charge < -0.3 is 15.3 Å². The lowest BCUT2D eigenvalue weighted by Crippen LogP contribution is -2.48. The highest BCUT2D eigenvalue weighted by Crippen LogP contribution is 2.37. The minimum absolute atomic E-state index is 0.167. The van der Waals surface area contributed by atoms with Crippen LogP contribution in [0.2, 0.25) is 0 Å². The average Bonchev–Trinajstić information content (AvgIpc) is 2.80. The number of carboxylic acid groups (broad SMARTS) is 1. The Morgan fingerprint density at radius 1 is 1.50 bits per heavy atom. The maximum absolute atomic E-state index is 12.1. The van der Waals surface area contributed by atoms with E-state index in [9.17, 15) is 9.59 Å². The first kappa shape index (κ1) is 16.7. The van der Waals surface area contributed by atoms with Gasteiger partial charge in [0.15, 0.2) is 0 Å². The van der Waals surface area contributed by atoms with Crippen LogP contribution in [0.3, 0.4) is 0 Å². The second kappa shape index (κ2) is 7.09. The first-order valence-electron chi connectivity index (χ1n) is 7.57. The van der Waals surface area contributed by atoms with E-state index in [1.165, 1.54) is 24.2 Å². The second-order valence-corrected chi connectivity index (χ2v) is 7.06. The number of hydrogen-bond acceptors (Lipinski definition) is 4. The zero-order valence-corrected chi connectivity index (χ0v) is 14.0. The van der Waals surface area contributed by atoms with Crippen molar-refractivity contribution in [2.75, 3.05) is 7.05 Å². The fourth-order valence-corrected chi connectivity index (χ4v) is 3.29. The third-order valence-corrected chi connectivity index (χ3v) is 5.04. The van der Waals surface area contributed by atoms with Crippen LogP contribution in [0.1, 0.15) is 49.7 Å². The van der Waals surface area contributed by atoms with Crippen molar-refractivity contribution in [1.29, 1.82) is 0 Å². The largest absolute Gasteiger partial charge is 0.480 e. The van der Waals surface area contributed by atoms with E-state index in [-0.39, 0.29) is 11.9 Å². The molecule has 0 aliphatic heterocycles. The normalized spacial score (nSPS) is 16.2. The molecule has 1 fully saturated rings. The summed E-state index contributed by atoms with van der Waals surface area (Å²) >= 11 is 1.65. The fraction of sp³-hybridized carbons (Fsp3) is 0.667. The molecule has 1 aromatic rings. The molecule has 1 aromatic heterocycles. The lowest BCUT2D eigenvalue weighted by Gasteiger charge is -2.23. The van der Waals surface area contributed by atoms with Crippen molar-refractivity contribution in [3.8, 4) is 0 Å². The van der Waals surface area contributed by atoms with Gasteiger partial charge in [-0.3, -0.25) is 0 Å². The predicted octanol–water partition coefficient (Wildman–Crippen LogP) is 2.66. The molecule has 1 aliphatic rings. The number of urea groups is 1. The Hall–Kier alpha value is -1.63. The van der Waals surface area contributed by atoms with Crippen molar-refractivity contribution in [3.05, 3.63) is 16.1 Å². The molecular formula is C15H23N3O3S. The summed E-state index contributed by atoms with van der Waals surface area (Å²) in [5.41, 5.74) is 0.862. The molecule has 0 spiro atoms. The van der Waals surface area contributed by atoms with Crippen LogP contribution in [-0.4, -0.2) is 40.1 Å². The standard InChI is InChI=1S/C15H23N3O3S/c1-9(2)12(14(19)20)17-15(21)18(3)7-11-8-22-13(16-11)10-5-4-6-10/h8-10,12H,4-7H2,1-3H3,(H,17,21)(H,19,20)/t12-/m0/s1. The number of nitrogens with zero attached hydrogens (tertiary/aromatic N) is 2. The van der Waals surface area contributed by atoms with Gasteiger partial charge in [0.2, 0.25) is 0 Å². The van der Waals surface area contributed by atoms with E-state index >= 15 is 0 Å². The molecule has 0 unspecified atom stereocenters. The van der Waals surface area contributed by atoms with E-state index in [0.717, 1.165) is 10.7 Å². The van der Waals surface area contributed by atoms with Crippen molar-refractivity contribution in [3.63, 3.8) is 0 Å². The Bertz CT molecular complexity index is 540. The van der Waals surface area contributed by atoms with Crippen LogP contribution < -0.4 is 5.32 Å². The quantitative estimate of drug-likeness (QED) is 0.842. The number of carboxylic acids is 1. The highest BCUT2D eigenvalue weighted by atomic mass is 32.1. The van der Waals surface area contributed by atoms with E-state index in [0.29, 0.717) is 12.5 Å². The second-order valence-electron chi connectivity index (χ2n) is 6.17. The first-order valence-corrected chi connectivity index (χ1v) is 8.45. The molecule has 0 bridgehead atoms. The van der Waals surface area contributed by atoms with Gasteiger partial charge in [0.05, 0.1) is 17.2 Å². The monoisotopic (exact) mass is 325 g/mol. The summed E-state index contributed by atoms with van der Waals surface area (Å²) in [4.78, 5) is 29.3. The Kier molecular flexibility index (Phi) is 5.39. The maximum atomic E-state index is 12.1. The molecule has 2 N–H and O–H groups in total. The average molecular weight is 325 g/mol. The van der Waals surface area contributed by atoms with Crippen molar-refractivity contribution >= 4 is 23.3 Å². The number of hydrogen-bond donors (Lipinski definition) is 2. The van der Waals surface area contributed by atoms with Gasteiger partial charge in [-0.15, -0.1) is 11.3 Å². The molecule has 1 atom stereocenters. The molecule has 0 radical (unpaired) electrons. The van der Waals surface area contributed by atoms with Crippen molar-refractivity contribution in [2.45, 2.75) is 51.6 Å². The summed E-state index contributed by atoms with van der Waals surface area (Å²) in [6.07, 6.45) is 3.68.